The van der Waals surface area contributed by atoms with Crippen molar-refractivity contribution in [1.82, 2.24) is 5.32 Å². The molecule has 0 bridgehead atoms. The minimum Gasteiger partial charge on any atom is -0.400 e. The molecule has 0 saturated carbocycles. The number of anilines is 1. The van der Waals surface area contributed by atoms with Crippen LogP contribution in [-0.4, -0.2) is 45.0 Å². The summed E-state index contributed by atoms with van der Waals surface area (Å²) < 4.78 is 12.6. The second kappa shape index (κ2) is 7.75. The van der Waals surface area contributed by atoms with E-state index in [4.69, 9.17) is 9.31 Å². The van der Waals surface area contributed by atoms with Gasteiger partial charge in [-0.15, -0.1) is 0 Å². The lowest BCUT2D eigenvalue weighted by atomic mass is 9.77. The Morgan fingerprint density at radius 2 is 1.69 bits per heavy atom. The minimum atomic E-state index is -0.323. The molecular weight excluding hydrogens is 323 g/mol. The van der Waals surface area contributed by atoms with E-state index in [1.165, 1.54) is 30.5 Å². The molecule has 26 heavy (non-hydrogen) atoms. The quantitative estimate of drug-likeness (QED) is 0.811. The number of hydrogen-bond donors (Lipinski definition) is 1. The molecule has 0 amide bonds. The molecule has 4 nitrogen and oxygen atoms in total. The Hall–Kier alpha value is -1.30. The number of nitrogens with zero attached hydrogens (tertiary/aromatic N) is 1. The van der Waals surface area contributed by atoms with E-state index in [1.54, 1.807) is 0 Å². The van der Waals surface area contributed by atoms with Crippen molar-refractivity contribution < 1.29 is 9.31 Å². The van der Waals surface area contributed by atoms with Crippen LogP contribution in [-0.2, 0) is 9.31 Å². The number of nitrogens with one attached hydrogen (secondary N) is 1. The van der Waals surface area contributed by atoms with E-state index in [0.29, 0.717) is 0 Å². The van der Waals surface area contributed by atoms with Crippen LogP contribution in [0.25, 0.3) is 6.08 Å². The van der Waals surface area contributed by atoms with Crippen LogP contribution < -0.4 is 10.2 Å². The van der Waals surface area contributed by atoms with Gasteiger partial charge in [-0.3, -0.25) is 0 Å². The van der Waals surface area contributed by atoms with Crippen LogP contribution in [0.4, 0.5) is 5.69 Å². The lowest BCUT2D eigenvalue weighted by molar-refractivity contribution is 0.00578. The molecule has 5 heteroatoms. The third kappa shape index (κ3) is 4.00. The van der Waals surface area contributed by atoms with E-state index in [9.17, 15) is 0 Å². The highest BCUT2D eigenvalue weighted by Crippen LogP contribution is 2.39. The van der Waals surface area contributed by atoms with Crippen molar-refractivity contribution in [3.63, 3.8) is 0 Å². The Morgan fingerprint density at radius 3 is 2.31 bits per heavy atom. The summed E-state index contributed by atoms with van der Waals surface area (Å²) in [4.78, 5) is 2.51. The normalized spacial score (nSPS) is 22.7. The monoisotopic (exact) mass is 356 g/mol. The van der Waals surface area contributed by atoms with Crippen molar-refractivity contribution >= 4 is 18.9 Å². The van der Waals surface area contributed by atoms with Crippen molar-refractivity contribution in [2.75, 3.05) is 31.6 Å². The first-order chi connectivity index (χ1) is 12.3. The van der Waals surface area contributed by atoms with E-state index >= 15 is 0 Å². The average molecular weight is 356 g/mol. The Kier molecular flexibility index (Phi) is 5.80. The van der Waals surface area contributed by atoms with Gasteiger partial charge in [0, 0.05) is 25.3 Å². The zero-order valence-electron chi connectivity index (χ0n) is 17.0. The Balaban J connectivity index is 1.91. The summed E-state index contributed by atoms with van der Waals surface area (Å²) in [5, 5.41) is 3.28. The van der Waals surface area contributed by atoms with Gasteiger partial charge < -0.3 is 19.5 Å². The summed E-state index contributed by atoms with van der Waals surface area (Å²) in [5.74, 6) is 0. The van der Waals surface area contributed by atoms with Crippen molar-refractivity contribution in [3.05, 3.63) is 35.3 Å². The molecule has 0 spiro atoms. The molecule has 2 heterocycles. The van der Waals surface area contributed by atoms with Crippen molar-refractivity contribution in [2.24, 2.45) is 0 Å². The predicted molar refractivity (Wildman–Crippen MR) is 110 cm³/mol. The van der Waals surface area contributed by atoms with Crippen LogP contribution in [0.1, 0.15) is 52.5 Å². The highest BCUT2D eigenvalue weighted by molar-refractivity contribution is 6.56. The Morgan fingerprint density at radius 1 is 1.08 bits per heavy atom. The first-order valence-corrected chi connectivity index (χ1v) is 9.89. The molecule has 1 N–H and O–H groups in total. The minimum absolute atomic E-state index is 0.318. The van der Waals surface area contributed by atoms with Gasteiger partial charge in [0.25, 0.3) is 0 Å². The standard InChI is InChI=1S/C21H33BN2O2/c1-20(2)21(3,4)26-22(25-20)18(16-23-5)15-17-11-7-8-12-19(17)24-13-9-6-10-14-24/h7-8,11-12,15,23H,6,9-10,13-14,16H2,1-5H3. The first kappa shape index (κ1) is 19.5. The van der Waals surface area contributed by atoms with E-state index in [0.717, 1.165) is 25.1 Å². The summed E-state index contributed by atoms with van der Waals surface area (Å²) in [6.45, 7) is 11.4. The van der Waals surface area contributed by atoms with Gasteiger partial charge in [-0.2, -0.15) is 0 Å². The maximum Gasteiger partial charge on any atom is 0.491 e. The van der Waals surface area contributed by atoms with Gasteiger partial charge in [-0.05, 0) is 71.1 Å². The van der Waals surface area contributed by atoms with Gasteiger partial charge in [0.05, 0.1) is 11.2 Å². The van der Waals surface area contributed by atoms with E-state index in [-0.39, 0.29) is 18.3 Å². The van der Waals surface area contributed by atoms with Gasteiger partial charge in [-0.25, -0.2) is 0 Å². The molecule has 1 aromatic rings. The molecule has 2 saturated heterocycles. The van der Waals surface area contributed by atoms with E-state index < -0.39 is 0 Å². The molecule has 0 unspecified atom stereocenters. The molecule has 0 atom stereocenters. The second-order valence-corrected chi connectivity index (χ2v) is 8.44. The lowest BCUT2D eigenvalue weighted by Crippen LogP contribution is -2.41. The summed E-state index contributed by atoms with van der Waals surface area (Å²) in [6.07, 6.45) is 6.15. The molecule has 2 aliphatic rings. The highest BCUT2D eigenvalue weighted by Gasteiger charge is 2.52. The molecule has 2 aliphatic heterocycles. The Labute approximate surface area is 159 Å². The number of benzene rings is 1. The largest absolute Gasteiger partial charge is 0.491 e. The van der Waals surface area contributed by atoms with Crippen molar-refractivity contribution in [3.8, 4) is 0 Å². The van der Waals surface area contributed by atoms with Gasteiger partial charge >= 0.3 is 7.12 Å². The third-order valence-corrected chi connectivity index (χ3v) is 5.91. The molecule has 1 aromatic carbocycles. The molecular formula is C21H33BN2O2. The number of likely N-dealkylation sites (N-methyl/N-ethyl adjacent to an activating group) is 1. The SMILES string of the molecule is CNCC(=Cc1ccccc1N1CCCCC1)B1OC(C)(C)C(C)(C)O1. The van der Waals surface area contributed by atoms with Crippen LogP contribution in [0.3, 0.4) is 0 Å². The predicted octanol–water partition coefficient (Wildman–Crippen LogP) is 3.91. The number of rotatable bonds is 5. The zero-order chi connectivity index (χ0) is 18.8. The molecule has 0 aliphatic carbocycles. The highest BCUT2D eigenvalue weighted by atomic mass is 16.7. The number of hydrogen-bond acceptors (Lipinski definition) is 4. The first-order valence-electron chi connectivity index (χ1n) is 9.89. The van der Waals surface area contributed by atoms with Gasteiger partial charge in [0.1, 0.15) is 0 Å². The summed E-state index contributed by atoms with van der Waals surface area (Å²) >= 11 is 0. The zero-order valence-corrected chi connectivity index (χ0v) is 17.0. The summed E-state index contributed by atoms with van der Waals surface area (Å²) in [6, 6.07) is 8.68. The summed E-state index contributed by atoms with van der Waals surface area (Å²) in [5.41, 5.74) is 3.05. The van der Waals surface area contributed by atoms with Gasteiger partial charge in [0.2, 0.25) is 0 Å². The Bertz CT molecular complexity index is 635. The van der Waals surface area contributed by atoms with E-state index in [2.05, 4.69) is 68.3 Å². The average Bonchev–Trinajstić information content (AvgIpc) is 2.83. The van der Waals surface area contributed by atoms with Crippen LogP contribution in [0, 0.1) is 0 Å². The smallest absolute Gasteiger partial charge is 0.400 e. The van der Waals surface area contributed by atoms with Crippen LogP contribution in [0.15, 0.2) is 29.7 Å². The lowest BCUT2D eigenvalue weighted by Gasteiger charge is -2.32. The molecule has 3 rings (SSSR count). The molecule has 0 radical (unpaired) electrons. The fraction of sp³-hybridized carbons (Fsp3) is 0.619. The van der Waals surface area contributed by atoms with Crippen molar-refractivity contribution in [2.45, 2.75) is 58.2 Å². The summed E-state index contributed by atoms with van der Waals surface area (Å²) in [7, 11) is 1.65. The molecule has 0 aromatic heterocycles. The maximum absolute atomic E-state index is 6.29. The van der Waals surface area contributed by atoms with Gasteiger partial charge in [0.15, 0.2) is 0 Å². The fourth-order valence-electron chi connectivity index (χ4n) is 3.63. The second-order valence-electron chi connectivity index (χ2n) is 8.44. The molecule has 142 valence electrons. The van der Waals surface area contributed by atoms with Crippen molar-refractivity contribution in [1.29, 1.82) is 0 Å². The van der Waals surface area contributed by atoms with Crippen LogP contribution in [0.5, 0.6) is 0 Å². The van der Waals surface area contributed by atoms with Crippen LogP contribution in [0.2, 0.25) is 0 Å². The van der Waals surface area contributed by atoms with Gasteiger partial charge in [-0.1, -0.05) is 24.3 Å². The number of piperidine rings is 1. The number of para-hydroxylation sites is 1. The maximum atomic E-state index is 6.29. The van der Waals surface area contributed by atoms with E-state index in [1.807, 2.05) is 7.05 Å². The topological polar surface area (TPSA) is 33.7 Å². The van der Waals surface area contributed by atoms with Crippen LogP contribution >= 0.6 is 0 Å². The third-order valence-electron chi connectivity index (χ3n) is 5.91. The molecule has 2 fully saturated rings. The fourth-order valence-corrected chi connectivity index (χ4v) is 3.63.